The van der Waals surface area contributed by atoms with Crippen LogP contribution in [0.2, 0.25) is 0 Å². The topological polar surface area (TPSA) is 224 Å². The van der Waals surface area contributed by atoms with Gasteiger partial charge in [-0.2, -0.15) is 8.62 Å². The van der Waals surface area contributed by atoms with Gasteiger partial charge in [-0.15, -0.1) is 0 Å². The number of phosphoric acid groups is 3. The fourth-order valence-corrected chi connectivity index (χ4v) is 6.02. The third-order valence-electron chi connectivity index (χ3n) is 4.65. The zero-order valence-corrected chi connectivity index (χ0v) is 18.5. The van der Waals surface area contributed by atoms with E-state index >= 15 is 0 Å². The number of hydrogen-bond acceptors (Lipinski definition) is 9. The Morgan fingerprint density at radius 3 is 2.27 bits per heavy atom. The molecule has 30 heavy (non-hydrogen) atoms. The number of phosphoric ester groups is 1. The molecule has 1 saturated heterocycles. The lowest BCUT2D eigenvalue weighted by Gasteiger charge is -2.29. The van der Waals surface area contributed by atoms with Gasteiger partial charge in [-0.25, -0.2) is 18.5 Å². The molecule has 0 aliphatic carbocycles. The largest absolute Gasteiger partial charge is 0.490 e. The molecule has 6 atom stereocenters. The smallest absolute Gasteiger partial charge is 0.349 e. The van der Waals surface area contributed by atoms with Crippen LogP contribution >= 0.6 is 23.5 Å². The molecule has 0 spiro atoms. The molecular weight excluding hydrogens is 473 g/mol. The van der Waals surface area contributed by atoms with E-state index < -0.39 is 59.1 Å². The average molecular weight is 494 g/mol. The van der Waals surface area contributed by atoms with E-state index in [0.717, 1.165) is 10.6 Å². The van der Waals surface area contributed by atoms with E-state index in [2.05, 4.69) is 18.1 Å². The maximum Gasteiger partial charge on any atom is 0.490 e. The van der Waals surface area contributed by atoms with Crippen molar-refractivity contribution in [3.8, 4) is 0 Å². The predicted molar refractivity (Wildman–Crippen MR) is 98.0 cm³/mol. The minimum absolute atomic E-state index is 0.344. The van der Waals surface area contributed by atoms with E-state index in [1.54, 1.807) is 13.8 Å². The molecule has 5 N–H and O–H groups in total. The molecule has 1 aromatic heterocycles. The second-order valence-corrected chi connectivity index (χ2v) is 11.3. The molecule has 2 heterocycles. The number of nitrogens with one attached hydrogen (secondary N) is 1. The van der Waals surface area contributed by atoms with Crippen LogP contribution in [0.25, 0.3) is 0 Å². The lowest BCUT2D eigenvalue weighted by Crippen LogP contribution is -2.37. The summed E-state index contributed by atoms with van der Waals surface area (Å²) in [6, 6.07) is 1.11. The fraction of sp³-hybridized carbons (Fsp3) is 0.667. The average Bonchev–Trinajstić information content (AvgIpc) is 2.75. The summed E-state index contributed by atoms with van der Waals surface area (Å²) in [6.07, 6.45) is 0.349. The van der Waals surface area contributed by atoms with Gasteiger partial charge in [0.25, 0.3) is 5.56 Å². The number of ether oxygens (including phenoxy) is 1. The zero-order chi connectivity index (χ0) is 23.1. The Morgan fingerprint density at radius 2 is 1.73 bits per heavy atom. The Labute approximate surface area is 169 Å². The van der Waals surface area contributed by atoms with Crippen LogP contribution < -0.4 is 11.2 Å². The van der Waals surface area contributed by atoms with Crippen molar-refractivity contribution < 1.29 is 51.2 Å². The van der Waals surface area contributed by atoms with Crippen molar-refractivity contribution in [3.63, 3.8) is 0 Å². The maximum absolute atomic E-state index is 12.0. The van der Waals surface area contributed by atoms with E-state index in [1.165, 1.54) is 13.1 Å². The highest BCUT2D eigenvalue weighted by Gasteiger charge is 2.51. The van der Waals surface area contributed by atoms with Crippen LogP contribution in [0.5, 0.6) is 0 Å². The van der Waals surface area contributed by atoms with Crippen molar-refractivity contribution in [2.75, 3.05) is 6.61 Å². The minimum atomic E-state index is -5.64. The Balaban J connectivity index is 2.15. The van der Waals surface area contributed by atoms with Crippen LogP contribution in [-0.2, 0) is 31.6 Å². The molecule has 18 heteroatoms. The SMILES string of the molecule is CC1[C@H](C)[C@H](n2ccc(=O)[nH]c2=O)O[C@]1(C)COP(=O)(O)OP(=O)(O)OP(=O)(O)O. The highest BCUT2D eigenvalue weighted by Crippen LogP contribution is 2.66. The van der Waals surface area contributed by atoms with Crippen LogP contribution in [0, 0.1) is 11.8 Å². The van der Waals surface area contributed by atoms with Gasteiger partial charge in [0, 0.05) is 18.2 Å². The Morgan fingerprint density at radius 1 is 1.13 bits per heavy atom. The molecule has 1 aliphatic rings. The Kier molecular flexibility index (Phi) is 7.20. The number of aromatic amines is 1. The van der Waals surface area contributed by atoms with E-state index in [4.69, 9.17) is 14.5 Å². The minimum Gasteiger partial charge on any atom is -0.349 e. The van der Waals surface area contributed by atoms with Crippen molar-refractivity contribution in [2.45, 2.75) is 32.6 Å². The fourth-order valence-electron chi connectivity index (χ4n) is 2.91. The van der Waals surface area contributed by atoms with Crippen LogP contribution in [-0.4, -0.2) is 41.3 Å². The van der Waals surface area contributed by atoms with Crippen LogP contribution in [0.4, 0.5) is 0 Å². The van der Waals surface area contributed by atoms with E-state index in [1.807, 2.05) is 0 Å². The number of nitrogens with zero attached hydrogens (tertiary/aromatic N) is 1. The van der Waals surface area contributed by atoms with Gasteiger partial charge in [0.05, 0.1) is 12.2 Å². The van der Waals surface area contributed by atoms with E-state index in [0.29, 0.717) is 0 Å². The van der Waals surface area contributed by atoms with E-state index in [9.17, 15) is 33.1 Å². The number of H-pyrrole nitrogens is 1. The first-order chi connectivity index (χ1) is 13.4. The summed E-state index contributed by atoms with van der Waals surface area (Å²) in [5, 5.41) is 0. The van der Waals surface area contributed by atoms with Gasteiger partial charge < -0.3 is 24.3 Å². The standard InChI is InChI=1S/C12H21N2O13P3/c1-7-8(2)12(3,25-10(7)14-5-4-9(15)13-11(14)16)6-24-29(20,21)27-30(22,23)26-28(17,18)19/h4-5,7-8,10H,6H2,1-3H3,(H,20,21)(H,22,23)(H,13,15,16)(H2,17,18,19)/t7-,8?,10+,12+/m0/s1. The molecule has 1 aliphatic heterocycles. The molecule has 0 bridgehead atoms. The van der Waals surface area contributed by atoms with Crippen LogP contribution in [0.3, 0.4) is 0 Å². The number of aromatic nitrogens is 2. The Hall–Kier alpha value is -0.950. The summed E-state index contributed by atoms with van der Waals surface area (Å²) in [7, 11) is -16.5. The third kappa shape index (κ3) is 6.28. The van der Waals surface area contributed by atoms with Gasteiger partial charge in [-0.05, 0) is 12.8 Å². The zero-order valence-electron chi connectivity index (χ0n) is 15.8. The molecule has 0 saturated carbocycles. The van der Waals surface area contributed by atoms with E-state index in [-0.39, 0.29) is 5.92 Å². The summed E-state index contributed by atoms with van der Waals surface area (Å²) in [5.74, 6) is -0.739. The van der Waals surface area contributed by atoms with Gasteiger partial charge in [-0.1, -0.05) is 13.8 Å². The van der Waals surface area contributed by atoms with Gasteiger partial charge in [0.2, 0.25) is 0 Å². The van der Waals surface area contributed by atoms with Crippen molar-refractivity contribution in [2.24, 2.45) is 11.8 Å². The second-order valence-electron chi connectivity index (χ2n) is 6.85. The van der Waals surface area contributed by atoms with Crippen molar-refractivity contribution >= 4 is 23.5 Å². The normalized spacial score (nSPS) is 31.2. The molecule has 0 aromatic carbocycles. The summed E-state index contributed by atoms with van der Waals surface area (Å²) in [4.78, 5) is 61.2. The number of rotatable bonds is 8. The first-order valence-corrected chi connectivity index (χ1v) is 12.7. The van der Waals surface area contributed by atoms with Crippen molar-refractivity contribution in [1.82, 2.24) is 9.55 Å². The monoisotopic (exact) mass is 494 g/mol. The Bertz CT molecular complexity index is 1050. The first kappa shape index (κ1) is 25.3. The van der Waals surface area contributed by atoms with Gasteiger partial charge in [-0.3, -0.25) is 18.9 Å². The molecular formula is C12H21N2O13P3. The van der Waals surface area contributed by atoms with Crippen molar-refractivity contribution in [3.05, 3.63) is 33.1 Å². The predicted octanol–water partition coefficient (Wildman–Crippen LogP) is 0.440. The molecule has 172 valence electrons. The lowest BCUT2D eigenvalue weighted by molar-refractivity contribution is -0.0998. The summed E-state index contributed by atoms with van der Waals surface area (Å²) in [5.41, 5.74) is -2.64. The van der Waals surface area contributed by atoms with Gasteiger partial charge >= 0.3 is 29.2 Å². The molecule has 1 aromatic rings. The third-order valence-corrected chi connectivity index (χ3v) is 8.43. The molecule has 3 unspecified atom stereocenters. The molecule has 0 amide bonds. The quantitative estimate of drug-likeness (QED) is 0.310. The summed E-state index contributed by atoms with van der Waals surface area (Å²) >= 11 is 0. The molecule has 2 rings (SSSR count). The summed E-state index contributed by atoms with van der Waals surface area (Å²) in [6.45, 7) is 4.23. The van der Waals surface area contributed by atoms with Gasteiger partial charge in [0.1, 0.15) is 6.23 Å². The van der Waals surface area contributed by atoms with Crippen LogP contribution in [0.15, 0.2) is 21.9 Å². The molecule has 15 nitrogen and oxygen atoms in total. The highest BCUT2D eigenvalue weighted by molar-refractivity contribution is 7.66. The first-order valence-electron chi connectivity index (χ1n) is 8.22. The molecule has 0 radical (unpaired) electrons. The lowest BCUT2D eigenvalue weighted by atomic mass is 9.84. The molecule has 1 fully saturated rings. The summed E-state index contributed by atoms with van der Waals surface area (Å²) < 4.78 is 52.9. The highest BCUT2D eigenvalue weighted by atomic mass is 31.3. The van der Waals surface area contributed by atoms with Gasteiger partial charge in [0.15, 0.2) is 0 Å². The second kappa shape index (κ2) is 8.53. The van der Waals surface area contributed by atoms with Crippen molar-refractivity contribution in [1.29, 1.82) is 0 Å². The van der Waals surface area contributed by atoms with Crippen LogP contribution in [0.1, 0.15) is 27.0 Å². The number of hydrogen-bond donors (Lipinski definition) is 5. The maximum atomic E-state index is 12.0.